The lowest BCUT2D eigenvalue weighted by Gasteiger charge is -2.24. The predicted molar refractivity (Wildman–Crippen MR) is 213 cm³/mol. The quantitative estimate of drug-likeness (QED) is 0.0969. The smallest absolute Gasteiger partial charge is 0.338 e. The summed E-state index contributed by atoms with van der Waals surface area (Å²) in [7, 11) is 0. The van der Waals surface area contributed by atoms with Crippen LogP contribution in [0.5, 0.6) is 0 Å². The van der Waals surface area contributed by atoms with E-state index in [9.17, 15) is 28.8 Å². The Morgan fingerprint density at radius 2 is 1.30 bits per heavy atom. The summed E-state index contributed by atoms with van der Waals surface area (Å²) in [6.07, 6.45) is 8.80. The van der Waals surface area contributed by atoms with Gasteiger partial charge in [0.05, 0.1) is 33.3 Å². The number of carbonyl (C=O) groups excluding carboxylic acids is 5. The summed E-state index contributed by atoms with van der Waals surface area (Å²) >= 11 is 0. The Labute approximate surface area is 326 Å². The highest BCUT2D eigenvalue weighted by Gasteiger charge is 2.43. The lowest BCUT2D eigenvalue weighted by atomic mass is 9.90. The SMILES string of the molecule is O=C(OCc1ccccc1)c1ccc2c(=O)[nH]c(C3C(=O)c4cc5cc6c(cc5cc4C3=O)C(=O)N(c3cc(C4CCCC4)ccc3C3CCCC3)C6=O)nc2c1. The van der Waals surface area contributed by atoms with Crippen LogP contribution < -0.4 is 10.5 Å². The molecular formula is C47H37N3O7. The Morgan fingerprint density at radius 3 is 1.95 bits per heavy atom. The van der Waals surface area contributed by atoms with E-state index in [1.54, 1.807) is 24.3 Å². The fourth-order valence-corrected chi connectivity index (χ4v) is 9.42. The van der Waals surface area contributed by atoms with E-state index in [1.165, 1.54) is 35.9 Å². The van der Waals surface area contributed by atoms with Gasteiger partial charge < -0.3 is 9.72 Å². The summed E-state index contributed by atoms with van der Waals surface area (Å²) in [6.45, 7) is 0.0581. The molecule has 2 amide bonds. The molecule has 10 heteroatoms. The van der Waals surface area contributed by atoms with Crippen molar-refractivity contribution in [2.24, 2.45) is 0 Å². The van der Waals surface area contributed by atoms with Crippen LogP contribution in [0.25, 0.3) is 21.7 Å². The number of rotatable bonds is 7. The van der Waals surface area contributed by atoms with Gasteiger partial charge in [-0.25, -0.2) is 14.7 Å². The van der Waals surface area contributed by atoms with Crippen molar-refractivity contribution in [3.05, 3.63) is 152 Å². The van der Waals surface area contributed by atoms with E-state index in [0.717, 1.165) is 55.2 Å². The van der Waals surface area contributed by atoms with Crippen LogP contribution in [0.15, 0.2) is 95.8 Å². The fraction of sp³-hybridized carbons (Fsp3) is 0.255. The van der Waals surface area contributed by atoms with Crippen LogP contribution in [-0.4, -0.2) is 39.3 Å². The lowest BCUT2D eigenvalue weighted by Crippen LogP contribution is -2.30. The molecule has 6 aromatic rings. The third-order valence-corrected chi connectivity index (χ3v) is 12.4. The molecule has 4 aliphatic rings. The number of ketones is 2. The molecule has 5 aromatic carbocycles. The van der Waals surface area contributed by atoms with Gasteiger partial charge in [-0.3, -0.25) is 24.0 Å². The molecule has 282 valence electrons. The summed E-state index contributed by atoms with van der Waals surface area (Å²) in [5.41, 5.74) is 4.19. The maximum atomic E-state index is 14.3. The highest BCUT2D eigenvalue weighted by Crippen LogP contribution is 2.45. The molecule has 1 N–H and O–H groups in total. The van der Waals surface area contributed by atoms with Crippen LogP contribution in [0.4, 0.5) is 5.69 Å². The summed E-state index contributed by atoms with van der Waals surface area (Å²) in [4.78, 5) is 91.1. The minimum Gasteiger partial charge on any atom is -0.457 e. The van der Waals surface area contributed by atoms with Crippen molar-refractivity contribution in [3.63, 3.8) is 0 Å². The number of ether oxygens (including phenoxy) is 1. The van der Waals surface area contributed by atoms with E-state index in [1.807, 2.05) is 30.3 Å². The Bertz CT molecular complexity index is 2720. The van der Waals surface area contributed by atoms with Crippen molar-refractivity contribution < 1.29 is 28.7 Å². The molecule has 2 saturated carbocycles. The molecule has 0 bridgehead atoms. The van der Waals surface area contributed by atoms with Crippen molar-refractivity contribution in [1.82, 2.24) is 9.97 Å². The number of hydrogen-bond donors (Lipinski definition) is 1. The van der Waals surface area contributed by atoms with Gasteiger partial charge in [-0.05, 0) is 114 Å². The summed E-state index contributed by atoms with van der Waals surface area (Å²) < 4.78 is 5.45. The molecule has 10 rings (SSSR count). The van der Waals surface area contributed by atoms with Crippen LogP contribution >= 0.6 is 0 Å². The molecule has 1 aromatic heterocycles. The van der Waals surface area contributed by atoms with Crippen LogP contribution in [0.2, 0.25) is 0 Å². The number of H-pyrrole nitrogens is 1. The van der Waals surface area contributed by atoms with E-state index in [0.29, 0.717) is 22.4 Å². The maximum absolute atomic E-state index is 14.3. The molecule has 0 unspecified atom stereocenters. The Balaban J connectivity index is 0.968. The number of aromatic nitrogens is 2. The van der Waals surface area contributed by atoms with Crippen molar-refractivity contribution in [2.45, 2.75) is 75.7 Å². The zero-order chi connectivity index (χ0) is 38.9. The van der Waals surface area contributed by atoms with Gasteiger partial charge in [0, 0.05) is 11.1 Å². The average Bonchev–Trinajstić information content (AvgIpc) is 4.05. The number of Topliss-reactive ketones (excluding diaryl/α,β-unsaturated/α-hetero) is 2. The van der Waals surface area contributed by atoms with E-state index in [-0.39, 0.29) is 57.1 Å². The number of benzene rings is 5. The number of amides is 2. The van der Waals surface area contributed by atoms with Gasteiger partial charge in [0.1, 0.15) is 18.3 Å². The second-order valence-electron chi connectivity index (χ2n) is 15.8. The fourth-order valence-electron chi connectivity index (χ4n) is 9.42. The van der Waals surface area contributed by atoms with E-state index in [4.69, 9.17) is 4.74 Å². The van der Waals surface area contributed by atoms with Gasteiger partial charge in [-0.2, -0.15) is 0 Å². The zero-order valence-electron chi connectivity index (χ0n) is 31.0. The first-order valence-corrected chi connectivity index (χ1v) is 19.7. The van der Waals surface area contributed by atoms with Crippen molar-refractivity contribution >= 4 is 56.7 Å². The molecule has 0 saturated heterocycles. The van der Waals surface area contributed by atoms with Crippen LogP contribution in [0.3, 0.4) is 0 Å². The highest BCUT2D eigenvalue weighted by molar-refractivity contribution is 6.36. The monoisotopic (exact) mass is 755 g/mol. The Hall–Kier alpha value is -6.55. The molecule has 2 heterocycles. The van der Waals surface area contributed by atoms with Crippen LogP contribution in [-0.2, 0) is 11.3 Å². The number of nitrogens with zero attached hydrogens (tertiary/aromatic N) is 2. The Morgan fingerprint density at radius 1 is 0.684 bits per heavy atom. The summed E-state index contributed by atoms with van der Waals surface area (Å²) in [5, 5.41) is 1.25. The zero-order valence-corrected chi connectivity index (χ0v) is 31.0. The number of fused-ring (bicyclic) bond motifs is 4. The van der Waals surface area contributed by atoms with Crippen molar-refractivity contribution in [3.8, 4) is 0 Å². The van der Waals surface area contributed by atoms with Crippen LogP contribution in [0, 0.1) is 0 Å². The predicted octanol–water partition coefficient (Wildman–Crippen LogP) is 8.71. The first kappa shape index (κ1) is 34.9. The van der Waals surface area contributed by atoms with Crippen molar-refractivity contribution in [2.75, 3.05) is 4.90 Å². The molecule has 57 heavy (non-hydrogen) atoms. The molecule has 0 radical (unpaired) electrons. The number of carbonyl (C=O) groups is 5. The number of imide groups is 1. The maximum Gasteiger partial charge on any atom is 0.338 e. The van der Waals surface area contributed by atoms with Gasteiger partial charge >= 0.3 is 5.97 Å². The third kappa shape index (κ3) is 5.81. The molecule has 1 aliphatic heterocycles. The minimum atomic E-state index is -1.42. The number of nitrogens with one attached hydrogen (secondary N) is 1. The first-order chi connectivity index (χ1) is 27.7. The number of esters is 1. The molecule has 10 nitrogen and oxygen atoms in total. The van der Waals surface area contributed by atoms with Gasteiger partial charge in [0.2, 0.25) is 0 Å². The number of anilines is 1. The molecule has 3 aliphatic carbocycles. The molecule has 0 atom stereocenters. The summed E-state index contributed by atoms with van der Waals surface area (Å²) in [5.74, 6) is -3.38. The highest BCUT2D eigenvalue weighted by atomic mass is 16.5. The average molecular weight is 756 g/mol. The summed E-state index contributed by atoms with van der Waals surface area (Å²) in [6, 6.07) is 26.4. The first-order valence-electron chi connectivity index (χ1n) is 19.7. The van der Waals surface area contributed by atoms with Crippen molar-refractivity contribution in [1.29, 1.82) is 0 Å². The Kier molecular flexibility index (Phi) is 8.32. The second-order valence-corrected chi connectivity index (χ2v) is 15.8. The van der Waals surface area contributed by atoms with E-state index < -0.39 is 40.8 Å². The molecular weight excluding hydrogens is 719 g/mol. The number of aromatic amines is 1. The largest absolute Gasteiger partial charge is 0.457 e. The van der Waals surface area contributed by atoms with E-state index >= 15 is 0 Å². The molecule has 0 spiro atoms. The van der Waals surface area contributed by atoms with Gasteiger partial charge in [0.25, 0.3) is 17.4 Å². The van der Waals surface area contributed by atoms with Crippen LogP contribution in [0.1, 0.15) is 143 Å². The third-order valence-electron chi connectivity index (χ3n) is 12.4. The number of hydrogen-bond acceptors (Lipinski definition) is 8. The molecule has 2 fully saturated rings. The topological polar surface area (TPSA) is 144 Å². The van der Waals surface area contributed by atoms with E-state index in [2.05, 4.69) is 28.2 Å². The minimum absolute atomic E-state index is 0.0581. The standard InChI is InChI=1S/C47H37N3O7/c51-41-34-18-30-20-36-37(46(55)50(45(36)54)39-23-28(26-10-4-5-11-26)14-16-32(39)27-12-6-7-13-27)21-31(30)19-35(34)42(52)40(41)43-48-38-22-29(15-17-33(38)44(53)49-43)47(56)57-24-25-8-2-1-3-9-25/h1-3,8-9,14-23,26-27,40H,4-7,10-13,24H2,(H,48,49,53). The van der Waals surface area contributed by atoms with Gasteiger partial charge in [-0.1, -0.05) is 68.1 Å². The lowest BCUT2D eigenvalue weighted by molar-refractivity contribution is 0.0472. The van der Waals surface area contributed by atoms with Gasteiger partial charge in [-0.15, -0.1) is 0 Å². The normalized spacial score (nSPS) is 17.4. The van der Waals surface area contributed by atoms with Gasteiger partial charge in [0.15, 0.2) is 11.6 Å². The second kappa shape index (κ2) is 13.6.